The van der Waals surface area contributed by atoms with Gasteiger partial charge in [-0.1, -0.05) is 17.4 Å². The van der Waals surface area contributed by atoms with Gasteiger partial charge in [-0.25, -0.2) is 21.8 Å². The zero-order valence-electron chi connectivity index (χ0n) is 19.4. The average Bonchev–Trinajstić information content (AvgIpc) is 3.60. The Morgan fingerprint density at radius 2 is 1.66 bits per heavy atom. The van der Waals surface area contributed by atoms with Crippen molar-refractivity contribution in [3.63, 3.8) is 0 Å². The number of piperazine rings is 1. The fourth-order valence-corrected chi connectivity index (χ4v) is 7.56. The van der Waals surface area contributed by atoms with E-state index in [-0.39, 0.29) is 21.7 Å². The molecule has 1 aliphatic heterocycles. The minimum absolute atomic E-state index is 0.0750. The lowest BCUT2D eigenvalue weighted by Crippen LogP contribution is -2.48. The molecule has 1 saturated carbocycles. The monoisotopic (exact) mass is 534 g/mol. The summed E-state index contributed by atoms with van der Waals surface area (Å²) in [5, 5.41) is 0.734. The third kappa shape index (κ3) is 4.67. The highest BCUT2D eigenvalue weighted by Crippen LogP contribution is 2.33. The maximum Gasteiger partial charge on any atom is 0.253 e. The molecular formula is C23H26N4O5S3. The molecule has 0 radical (unpaired) electrons. The van der Waals surface area contributed by atoms with Crippen molar-refractivity contribution in [1.29, 1.82) is 0 Å². The van der Waals surface area contributed by atoms with Gasteiger partial charge in [0.1, 0.15) is 5.52 Å². The lowest BCUT2D eigenvalue weighted by atomic mass is 10.2. The summed E-state index contributed by atoms with van der Waals surface area (Å²) < 4.78 is 51.8. The molecule has 1 saturated heterocycles. The van der Waals surface area contributed by atoms with Gasteiger partial charge in [-0.2, -0.15) is 4.31 Å². The van der Waals surface area contributed by atoms with Gasteiger partial charge in [-0.05, 0) is 49.2 Å². The molecule has 1 amide bonds. The second-order valence-corrected chi connectivity index (χ2v) is 13.9. The molecule has 2 heterocycles. The number of nitrogens with zero attached hydrogens (tertiary/aromatic N) is 4. The van der Waals surface area contributed by atoms with Crippen molar-refractivity contribution in [3.05, 3.63) is 48.0 Å². The highest BCUT2D eigenvalue weighted by atomic mass is 32.2. The molecule has 0 spiro atoms. The first kappa shape index (κ1) is 24.2. The molecule has 1 aliphatic carbocycles. The molecule has 12 heteroatoms. The molecule has 0 unspecified atom stereocenters. The summed E-state index contributed by atoms with van der Waals surface area (Å²) in [5.74, 6) is -0.146. The van der Waals surface area contributed by atoms with Crippen LogP contribution in [0.25, 0.3) is 10.2 Å². The Kier molecular flexibility index (Phi) is 6.10. The van der Waals surface area contributed by atoms with Crippen LogP contribution in [0.4, 0.5) is 5.13 Å². The Morgan fingerprint density at radius 1 is 1.00 bits per heavy atom. The number of amides is 1. The number of hydrogen-bond acceptors (Lipinski definition) is 8. The van der Waals surface area contributed by atoms with Crippen LogP contribution in [0.5, 0.6) is 0 Å². The minimum atomic E-state index is -3.55. The van der Waals surface area contributed by atoms with Crippen molar-refractivity contribution >= 4 is 52.5 Å². The molecule has 0 N–H and O–H groups in total. The number of sulfonamides is 1. The van der Waals surface area contributed by atoms with Crippen molar-refractivity contribution < 1.29 is 21.6 Å². The van der Waals surface area contributed by atoms with Gasteiger partial charge in [-0.3, -0.25) is 4.79 Å². The van der Waals surface area contributed by atoms with E-state index in [0.717, 1.165) is 22.7 Å². The van der Waals surface area contributed by atoms with Crippen LogP contribution in [0.15, 0.2) is 52.3 Å². The normalized spacial score (nSPS) is 17.3. The summed E-state index contributed by atoms with van der Waals surface area (Å²) in [5.41, 5.74) is 0.931. The lowest BCUT2D eigenvalue weighted by Gasteiger charge is -2.34. The Morgan fingerprint density at radius 3 is 2.26 bits per heavy atom. The van der Waals surface area contributed by atoms with Gasteiger partial charge in [0, 0.05) is 51.1 Å². The van der Waals surface area contributed by atoms with Gasteiger partial charge >= 0.3 is 0 Å². The number of rotatable bonds is 6. The number of thiazole rings is 1. The molecule has 186 valence electrons. The minimum Gasteiger partial charge on any atom is -0.345 e. The summed E-state index contributed by atoms with van der Waals surface area (Å²) in [4.78, 5) is 21.8. The van der Waals surface area contributed by atoms with Crippen molar-refractivity contribution in [3.8, 4) is 0 Å². The summed E-state index contributed by atoms with van der Waals surface area (Å²) >= 11 is 1.44. The second-order valence-electron chi connectivity index (χ2n) is 8.93. The molecule has 35 heavy (non-hydrogen) atoms. The maximum absolute atomic E-state index is 13.0. The van der Waals surface area contributed by atoms with Crippen LogP contribution >= 0.6 is 11.3 Å². The predicted octanol–water partition coefficient (Wildman–Crippen LogP) is 2.45. The zero-order valence-corrected chi connectivity index (χ0v) is 21.9. The van der Waals surface area contributed by atoms with Crippen LogP contribution in [-0.2, 0) is 19.9 Å². The molecule has 1 aromatic heterocycles. The first-order chi connectivity index (χ1) is 16.6. The lowest BCUT2D eigenvalue weighted by molar-refractivity contribution is 0.0746. The number of aromatic nitrogens is 1. The number of anilines is 1. The summed E-state index contributed by atoms with van der Waals surface area (Å²) in [6, 6.07) is 11.4. The highest BCUT2D eigenvalue weighted by molar-refractivity contribution is 7.91. The van der Waals surface area contributed by atoms with Crippen LogP contribution < -0.4 is 4.90 Å². The quantitative estimate of drug-likeness (QED) is 0.478. The number of fused-ring (bicyclic) bond motifs is 1. The van der Waals surface area contributed by atoms with Crippen LogP contribution in [0.2, 0.25) is 0 Å². The van der Waals surface area contributed by atoms with Crippen LogP contribution in [0.1, 0.15) is 23.2 Å². The number of benzene rings is 2. The maximum atomic E-state index is 13.0. The number of para-hydroxylation sites is 1. The molecule has 5 rings (SSSR count). The van der Waals surface area contributed by atoms with Gasteiger partial charge < -0.3 is 9.80 Å². The van der Waals surface area contributed by atoms with E-state index in [1.165, 1.54) is 34.0 Å². The van der Waals surface area contributed by atoms with E-state index in [1.54, 1.807) is 36.2 Å². The van der Waals surface area contributed by atoms with Crippen LogP contribution in [-0.4, -0.2) is 82.5 Å². The van der Waals surface area contributed by atoms with Crippen LogP contribution in [0.3, 0.4) is 0 Å². The van der Waals surface area contributed by atoms with E-state index >= 15 is 0 Å². The summed E-state index contributed by atoms with van der Waals surface area (Å²) in [6.45, 7) is 2.10. The number of sulfone groups is 1. The largest absolute Gasteiger partial charge is 0.345 e. The summed E-state index contributed by atoms with van der Waals surface area (Å²) in [7, 11) is -5.33. The van der Waals surface area contributed by atoms with Gasteiger partial charge in [0.15, 0.2) is 15.0 Å². The topological polar surface area (TPSA) is 108 Å². The van der Waals surface area contributed by atoms with Crippen LogP contribution in [0, 0.1) is 0 Å². The Balaban J connectivity index is 1.26. The first-order valence-electron chi connectivity index (χ1n) is 11.3. The van der Waals surface area contributed by atoms with Crippen molar-refractivity contribution in [2.24, 2.45) is 0 Å². The third-order valence-corrected chi connectivity index (χ3v) is 10.6. The highest BCUT2D eigenvalue weighted by Gasteiger charge is 2.35. The zero-order chi connectivity index (χ0) is 25.0. The van der Waals surface area contributed by atoms with E-state index in [2.05, 4.69) is 9.88 Å². The molecule has 0 atom stereocenters. The standard InChI is InChI=1S/C23H26N4O5S3/c1-25(17-8-9-17)35(31,32)18-10-6-16(7-11-18)22(28)26-12-14-27(15-13-26)23-24-21-19(33-23)4-3-5-20(21)34(2,29)30/h3-7,10-11,17H,8-9,12-15H2,1-2H3. The summed E-state index contributed by atoms with van der Waals surface area (Å²) in [6.07, 6.45) is 2.95. The van der Waals surface area contributed by atoms with Gasteiger partial charge in [0.25, 0.3) is 5.91 Å². The van der Waals surface area contributed by atoms with Crippen molar-refractivity contribution in [2.45, 2.75) is 28.7 Å². The van der Waals surface area contributed by atoms with Gasteiger partial charge in [-0.15, -0.1) is 0 Å². The van der Waals surface area contributed by atoms with E-state index in [1.807, 2.05) is 6.07 Å². The second kappa shape index (κ2) is 8.84. The first-order valence-corrected chi connectivity index (χ1v) is 15.4. The Bertz CT molecular complexity index is 1490. The Labute approximate surface area is 208 Å². The molecule has 3 aromatic rings. The number of carbonyl (C=O) groups excluding carboxylic acids is 1. The fraction of sp³-hybridized carbons (Fsp3) is 0.391. The smallest absolute Gasteiger partial charge is 0.253 e. The van der Waals surface area contributed by atoms with E-state index < -0.39 is 19.9 Å². The molecular weight excluding hydrogens is 508 g/mol. The molecule has 0 bridgehead atoms. The van der Waals surface area contributed by atoms with Crippen molar-refractivity contribution in [2.75, 3.05) is 44.4 Å². The fourth-order valence-electron chi connectivity index (χ4n) is 4.20. The number of hydrogen-bond donors (Lipinski definition) is 0. The molecule has 2 fully saturated rings. The molecule has 2 aromatic carbocycles. The van der Waals surface area contributed by atoms with Gasteiger partial charge in [0.2, 0.25) is 10.0 Å². The van der Waals surface area contributed by atoms with E-state index in [9.17, 15) is 21.6 Å². The predicted molar refractivity (Wildman–Crippen MR) is 135 cm³/mol. The van der Waals surface area contributed by atoms with E-state index in [4.69, 9.17) is 0 Å². The average molecular weight is 535 g/mol. The third-order valence-electron chi connectivity index (χ3n) is 6.45. The van der Waals surface area contributed by atoms with Gasteiger partial charge in [0.05, 0.1) is 14.5 Å². The SMILES string of the molecule is CN(C1CC1)S(=O)(=O)c1ccc(C(=O)N2CCN(c3nc4c(S(C)(=O)=O)cccc4s3)CC2)cc1. The number of carbonyl (C=O) groups is 1. The van der Waals surface area contributed by atoms with Crippen molar-refractivity contribution in [1.82, 2.24) is 14.2 Å². The Hall–Kier alpha value is -2.54. The molecule has 2 aliphatic rings. The molecule has 9 nitrogen and oxygen atoms in total. The van der Waals surface area contributed by atoms with E-state index in [0.29, 0.717) is 37.3 Å².